The molecule has 2 rings (SSSR count). The normalized spacial score (nSPS) is 16.1. The number of nitrogens with one attached hydrogen (secondary N) is 2. The van der Waals surface area contributed by atoms with Crippen LogP contribution in [0.25, 0.3) is 0 Å². The van der Waals surface area contributed by atoms with E-state index in [0.717, 1.165) is 0 Å². The molecule has 0 radical (unpaired) electrons. The van der Waals surface area contributed by atoms with E-state index >= 15 is 0 Å². The average Bonchev–Trinajstić information content (AvgIpc) is 2.61. The van der Waals surface area contributed by atoms with E-state index in [4.69, 9.17) is 21.7 Å². The predicted octanol–water partition coefficient (Wildman–Crippen LogP) is 1.99. The Bertz CT molecular complexity index is 819. The molecule has 0 spiro atoms. The summed E-state index contributed by atoms with van der Waals surface area (Å²) in [5.74, 6) is -0.760. The fraction of sp³-hybridized carbons (Fsp3) is 0.350. The summed E-state index contributed by atoms with van der Waals surface area (Å²) in [5.41, 5.74) is 1.71. The van der Waals surface area contributed by atoms with Gasteiger partial charge in [-0.15, -0.1) is 12.3 Å². The summed E-state index contributed by atoms with van der Waals surface area (Å²) in [7, 11) is 0. The van der Waals surface area contributed by atoms with Crippen LogP contribution in [0, 0.1) is 0 Å². The first-order chi connectivity index (χ1) is 13.3. The number of hydrogen-bond acceptors (Lipinski definition) is 6. The van der Waals surface area contributed by atoms with Crippen molar-refractivity contribution in [3.8, 4) is 5.75 Å². The van der Waals surface area contributed by atoms with Gasteiger partial charge in [-0.3, -0.25) is 4.79 Å². The molecular weight excluding hydrogens is 380 g/mol. The minimum absolute atomic E-state index is 0.119. The van der Waals surface area contributed by atoms with Gasteiger partial charge in [-0.1, -0.05) is 12.1 Å². The molecule has 1 aliphatic rings. The number of carbonyl (C=O) groups is 2. The second kappa shape index (κ2) is 9.89. The van der Waals surface area contributed by atoms with Crippen LogP contribution in [0.1, 0.15) is 44.7 Å². The standard InChI is InChI=1S/C20H24N2O5S/c1-4-26-19(25)17-13(3)21-20(28)22-18(17)14-8-6-9-15(11-14)27-16(24)10-5-7-12(2)23/h6,8-9,11,18,23H,2,4-5,7,10H2,1,3H3,(H2,21,22,28)/p-1. The molecule has 150 valence electrons. The Morgan fingerprint density at radius 2 is 2.07 bits per heavy atom. The molecule has 1 aliphatic heterocycles. The van der Waals surface area contributed by atoms with E-state index in [1.54, 1.807) is 38.1 Å². The van der Waals surface area contributed by atoms with Crippen molar-refractivity contribution in [2.24, 2.45) is 0 Å². The Labute approximate surface area is 169 Å². The number of allylic oxidation sites excluding steroid dienone is 2. The van der Waals surface area contributed by atoms with Crippen LogP contribution in [0.3, 0.4) is 0 Å². The van der Waals surface area contributed by atoms with Gasteiger partial charge in [0.25, 0.3) is 0 Å². The molecule has 1 heterocycles. The Hall–Kier alpha value is -2.87. The molecule has 0 fully saturated rings. The molecule has 28 heavy (non-hydrogen) atoms. The van der Waals surface area contributed by atoms with E-state index in [1.807, 2.05) is 0 Å². The topological polar surface area (TPSA) is 99.7 Å². The summed E-state index contributed by atoms with van der Waals surface area (Å²) in [6, 6.07) is 6.31. The lowest BCUT2D eigenvalue weighted by Crippen LogP contribution is -2.45. The fourth-order valence-electron chi connectivity index (χ4n) is 2.79. The van der Waals surface area contributed by atoms with Gasteiger partial charge in [0.05, 0.1) is 18.2 Å². The molecule has 1 aromatic rings. The fourth-order valence-corrected chi connectivity index (χ4v) is 3.06. The number of rotatable bonds is 8. The zero-order chi connectivity index (χ0) is 20.7. The number of benzene rings is 1. The number of thiocarbonyl (C=S) groups is 1. The maximum Gasteiger partial charge on any atom is 0.338 e. The highest BCUT2D eigenvalue weighted by molar-refractivity contribution is 7.80. The van der Waals surface area contributed by atoms with Crippen molar-refractivity contribution in [2.45, 2.75) is 39.2 Å². The van der Waals surface area contributed by atoms with Crippen molar-refractivity contribution < 1.29 is 24.2 Å². The monoisotopic (exact) mass is 403 g/mol. The van der Waals surface area contributed by atoms with Gasteiger partial charge < -0.3 is 25.2 Å². The molecule has 0 aromatic heterocycles. The minimum Gasteiger partial charge on any atom is -0.876 e. The molecule has 2 N–H and O–H groups in total. The van der Waals surface area contributed by atoms with Gasteiger partial charge in [0.2, 0.25) is 0 Å². The Kier molecular flexibility index (Phi) is 7.57. The predicted molar refractivity (Wildman–Crippen MR) is 106 cm³/mol. The molecule has 1 aromatic carbocycles. The molecule has 0 aliphatic carbocycles. The molecule has 0 bridgehead atoms. The molecule has 0 amide bonds. The minimum atomic E-state index is -0.532. The van der Waals surface area contributed by atoms with Gasteiger partial charge >= 0.3 is 11.9 Å². The number of hydrogen-bond donors (Lipinski definition) is 2. The maximum atomic E-state index is 12.4. The highest BCUT2D eigenvalue weighted by Gasteiger charge is 2.31. The van der Waals surface area contributed by atoms with Crippen molar-refractivity contribution in [3.63, 3.8) is 0 Å². The summed E-state index contributed by atoms with van der Waals surface area (Å²) < 4.78 is 10.5. The summed E-state index contributed by atoms with van der Waals surface area (Å²) in [6.45, 7) is 7.01. The van der Waals surface area contributed by atoms with Crippen LogP contribution in [0.15, 0.2) is 47.9 Å². The molecule has 1 atom stereocenters. The Morgan fingerprint density at radius 3 is 2.75 bits per heavy atom. The molecule has 8 heteroatoms. The Balaban J connectivity index is 2.19. The van der Waals surface area contributed by atoms with Crippen molar-refractivity contribution in [3.05, 3.63) is 53.4 Å². The van der Waals surface area contributed by atoms with E-state index < -0.39 is 18.0 Å². The number of esters is 2. The van der Waals surface area contributed by atoms with Crippen LogP contribution in [-0.4, -0.2) is 23.7 Å². The van der Waals surface area contributed by atoms with Gasteiger partial charge in [-0.05, 0) is 56.6 Å². The van der Waals surface area contributed by atoms with Gasteiger partial charge in [-0.2, -0.15) is 0 Å². The smallest absolute Gasteiger partial charge is 0.338 e. The third-order valence-electron chi connectivity index (χ3n) is 4.02. The van der Waals surface area contributed by atoms with Crippen LogP contribution < -0.4 is 20.5 Å². The summed E-state index contributed by atoms with van der Waals surface area (Å²) in [4.78, 5) is 24.4. The number of carbonyl (C=O) groups excluding carboxylic acids is 2. The van der Waals surface area contributed by atoms with Gasteiger partial charge in [0.15, 0.2) is 5.11 Å². The third kappa shape index (κ3) is 5.82. The van der Waals surface area contributed by atoms with E-state index in [2.05, 4.69) is 17.2 Å². The second-order valence-corrected chi connectivity index (χ2v) is 6.64. The lowest BCUT2D eigenvalue weighted by Gasteiger charge is -2.30. The van der Waals surface area contributed by atoms with Crippen LogP contribution >= 0.6 is 12.2 Å². The van der Waals surface area contributed by atoms with Gasteiger partial charge in [-0.25, -0.2) is 4.79 Å². The lowest BCUT2D eigenvalue weighted by atomic mass is 9.95. The van der Waals surface area contributed by atoms with Crippen LogP contribution in [0.2, 0.25) is 0 Å². The highest BCUT2D eigenvalue weighted by Crippen LogP contribution is 2.29. The quantitative estimate of drug-likeness (QED) is 0.294. The molecule has 0 saturated heterocycles. The summed E-state index contributed by atoms with van der Waals surface area (Å²) in [6.07, 6.45) is 0.743. The van der Waals surface area contributed by atoms with E-state index in [9.17, 15) is 14.7 Å². The summed E-state index contributed by atoms with van der Waals surface area (Å²) in [5, 5.41) is 17.2. The zero-order valence-electron chi connectivity index (χ0n) is 15.9. The van der Waals surface area contributed by atoms with Gasteiger partial charge in [0.1, 0.15) is 5.75 Å². The van der Waals surface area contributed by atoms with Crippen LogP contribution in [-0.2, 0) is 14.3 Å². The van der Waals surface area contributed by atoms with E-state index in [0.29, 0.717) is 34.1 Å². The summed E-state index contributed by atoms with van der Waals surface area (Å²) >= 11 is 5.21. The SMILES string of the molecule is C=C([O-])CCCC(=O)Oc1cccc(C2NC(=S)NC(C)=C2C(=O)OCC)c1. The molecular formula is C20H23N2O5S-. The van der Waals surface area contributed by atoms with Crippen molar-refractivity contribution in [1.82, 2.24) is 10.6 Å². The maximum absolute atomic E-state index is 12.4. The first-order valence-corrected chi connectivity index (χ1v) is 9.33. The zero-order valence-corrected chi connectivity index (χ0v) is 16.7. The molecule has 0 saturated carbocycles. The van der Waals surface area contributed by atoms with Gasteiger partial charge in [0, 0.05) is 12.1 Å². The van der Waals surface area contributed by atoms with E-state index in [1.165, 1.54) is 0 Å². The third-order valence-corrected chi connectivity index (χ3v) is 4.24. The first-order valence-electron chi connectivity index (χ1n) is 8.92. The highest BCUT2D eigenvalue weighted by atomic mass is 32.1. The largest absolute Gasteiger partial charge is 0.876 e. The molecule has 1 unspecified atom stereocenters. The van der Waals surface area contributed by atoms with E-state index in [-0.39, 0.29) is 25.2 Å². The lowest BCUT2D eigenvalue weighted by molar-refractivity contribution is -0.305. The van der Waals surface area contributed by atoms with Crippen LogP contribution in [0.5, 0.6) is 5.75 Å². The first kappa shape index (κ1) is 21.4. The molecule has 7 nitrogen and oxygen atoms in total. The van der Waals surface area contributed by atoms with Crippen molar-refractivity contribution >= 4 is 29.3 Å². The van der Waals surface area contributed by atoms with Crippen molar-refractivity contribution in [1.29, 1.82) is 0 Å². The van der Waals surface area contributed by atoms with Crippen LogP contribution in [0.4, 0.5) is 0 Å². The number of ether oxygens (including phenoxy) is 2. The van der Waals surface area contributed by atoms with Crippen molar-refractivity contribution in [2.75, 3.05) is 6.61 Å². The second-order valence-electron chi connectivity index (χ2n) is 6.23. The Morgan fingerprint density at radius 1 is 1.32 bits per heavy atom. The average molecular weight is 403 g/mol.